The van der Waals surface area contributed by atoms with Gasteiger partial charge >= 0.3 is 0 Å². The zero-order chi connectivity index (χ0) is 9.90. The van der Waals surface area contributed by atoms with Crippen molar-refractivity contribution in [3.05, 3.63) is 12.2 Å². The summed E-state index contributed by atoms with van der Waals surface area (Å²) < 4.78 is 0. The third-order valence-electron chi connectivity index (χ3n) is 2.75. The third kappa shape index (κ3) is 3.49. The summed E-state index contributed by atoms with van der Waals surface area (Å²) >= 11 is 0. The van der Waals surface area contributed by atoms with Gasteiger partial charge in [-0.15, -0.1) is 0 Å². The second-order valence-electron chi connectivity index (χ2n) is 4.56. The first kappa shape index (κ1) is 10.7. The molecule has 2 unspecified atom stereocenters. The number of hydrogen-bond acceptors (Lipinski definition) is 2. The molecule has 0 aromatic rings. The summed E-state index contributed by atoms with van der Waals surface area (Å²) in [4.78, 5) is 0. The highest BCUT2D eigenvalue weighted by atomic mass is 16.3. The number of allylic oxidation sites excluding steroid dienone is 2. The molecular weight excluding hydrogens is 164 g/mol. The molecular formula is C11H20O2. The van der Waals surface area contributed by atoms with Crippen LogP contribution >= 0.6 is 0 Å². The number of rotatable bonds is 3. The molecule has 0 saturated heterocycles. The lowest BCUT2D eigenvalue weighted by Crippen LogP contribution is -2.37. The highest BCUT2D eigenvalue weighted by molar-refractivity contribution is 4.91. The van der Waals surface area contributed by atoms with Gasteiger partial charge in [-0.25, -0.2) is 0 Å². The molecule has 1 aliphatic carbocycles. The van der Waals surface area contributed by atoms with Crippen molar-refractivity contribution in [1.82, 2.24) is 0 Å². The van der Waals surface area contributed by atoms with E-state index in [9.17, 15) is 10.2 Å². The zero-order valence-electron chi connectivity index (χ0n) is 8.53. The van der Waals surface area contributed by atoms with Crippen LogP contribution in [0.3, 0.4) is 0 Å². The van der Waals surface area contributed by atoms with Crippen LogP contribution in [0.4, 0.5) is 0 Å². The fourth-order valence-corrected chi connectivity index (χ4v) is 1.67. The fraction of sp³-hybridized carbons (Fsp3) is 0.818. The molecule has 13 heavy (non-hydrogen) atoms. The van der Waals surface area contributed by atoms with Crippen LogP contribution in [0.2, 0.25) is 0 Å². The van der Waals surface area contributed by atoms with Crippen molar-refractivity contribution < 1.29 is 10.2 Å². The Morgan fingerprint density at radius 1 is 1.46 bits per heavy atom. The van der Waals surface area contributed by atoms with Crippen molar-refractivity contribution in [3.63, 3.8) is 0 Å². The first-order valence-corrected chi connectivity index (χ1v) is 5.05. The molecule has 0 amide bonds. The molecule has 0 saturated carbocycles. The molecule has 0 aromatic heterocycles. The molecule has 0 heterocycles. The number of aliphatic hydroxyl groups is 2. The standard InChI is InChI=1S/C11H20O2/c1-11(2,13)10(12)8-9-6-4-3-5-7-9/h3-4,9-10,12-13H,5-8H2,1-2H3. The van der Waals surface area contributed by atoms with E-state index in [2.05, 4.69) is 12.2 Å². The smallest absolute Gasteiger partial charge is 0.0849 e. The summed E-state index contributed by atoms with van der Waals surface area (Å²) in [6.07, 6.45) is 7.79. The monoisotopic (exact) mass is 184 g/mol. The molecule has 0 aromatic carbocycles. The van der Waals surface area contributed by atoms with Crippen LogP contribution in [0, 0.1) is 5.92 Å². The van der Waals surface area contributed by atoms with Gasteiger partial charge in [-0.1, -0.05) is 12.2 Å². The fourth-order valence-electron chi connectivity index (χ4n) is 1.67. The van der Waals surface area contributed by atoms with E-state index in [-0.39, 0.29) is 0 Å². The van der Waals surface area contributed by atoms with Gasteiger partial charge in [0.2, 0.25) is 0 Å². The van der Waals surface area contributed by atoms with Crippen LogP contribution in [-0.2, 0) is 0 Å². The second-order valence-corrected chi connectivity index (χ2v) is 4.56. The van der Waals surface area contributed by atoms with E-state index in [1.807, 2.05) is 0 Å². The molecule has 1 rings (SSSR count). The maximum absolute atomic E-state index is 9.66. The molecule has 0 fully saturated rings. The molecule has 2 heteroatoms. The van der Waals surface area contributed by atoms with E-state index in [1.165, 1.54) is 0 Å². The lowest BCUT2D eigenvalue weighted by atomic mass is 9.85. The molecule has 2 N–H and O–H groups in total. The largest absolute Gasteiger partial charge is 0.390 e. The first-order valence-electron chi connectivity index (χ1n) is 5.05. The van der Waals surface area contributed by atoms with Crippen molar-refractivity contribution in [2.75, 3.05) is 0 Å². The summed E-state index contributed by atoms with van der Waals surface area (Å²) in [5, 5.41) is 19.2. The summed E-state index contributed by atoms with van der Waals surface area (Å²) in [6, 6.07) is 0. The van der Waals surface area contributed by atoms with Gasteiger partial charge in [0, 0.05) is 0 Å². The molecule has 2 nitrogen and oxygen atoms in total. The Hall–Kier alpha value is -0.340. The minimum Gasteiger partial charge on any atom is -0.390 e. The van der Waals surface area contributed by atoms with Crippen molar-refractivity contribution in [2.45, 2.75) is 51.2 Å². The Balaban J connectivity index is 2.35. The van der Waals surface area contributed by atoms with Gasteiger partial charge < -0.3 is 10.2 Å². The Morgan fingerprint density at radius 2 is 2.15 bits per heavy atom. The number of hydrogen-bond donors (Lipinski definition) is 2. The lowest BCUT2D eigenvalue weighted by Gasteiger charge is -2.28. The normalized spacial score (nSPS) is 26.0. The quantitative estimate of drug-likeness (QED) is 0.657. The van der Waals surface area contributed by atoms with Crippen molar-refractivity contribution in [2.24, 2.45) is 5.92 Å². The molecule has 2 atom stereocenters. The van der Waals surface area contributed by atoms with Gasteiger partial charge in [-0.2, -0.15) is 0 Å². The highest BCUT2D eigenvalue weighted by Gasteiger charge is 2.27. The van der Waals surface area contributed by atoms with E-state index in [0.29, 0.717) is 12.3 Å². The van der Waals surface area contributed by atoms with E-state index >= 15 is 0 Å². The minimum absolute atomic E-state index is 0.548. The maximum Gasteiger partial charge on any atom is 0.0849 e. The molecule has 76 valence electrons. The number of aliphatic hydroxyl groups excluding tert-OH is 1. The van der Waals surface area contributed by atoms with Gasteiger partial charge in [0.05, 0.1) is 11.7 Å². The van der Waals surface area contributed by atoms with Gasteiger partial charge in [-0.05, 0) is 45.4 Å². The average Bonchev–Trinajstić information content (AvgIpc) is 2.04. The third-order valence-corrected chi connectivity index (χ3v) is 2.75. The van der Waals surface area contributed by atoms with Gasteiger partial charge in [0.1, 0.15) is 0 Å². The summed E-state index contributed by atoms with van der Waals surface area (Å²) in [5.41, 5.74) is -0.957. The summed E-state index contributed by atoms with van der Waals surface area (Å²) in [7, 11) is 0. The topological polar surface area (TPSA) is 40.5 Å². The Kier molecular flexibility index (Phi) is 3.51. The Bertz CT molecular complexity index is 179. The van der Waals surface area contributed by atoms with E-state index in [0.717, 1.165) is 19.3 Å². The average molecular weight is 184 g/mol. The summed E-state index contributed by atoms with van der Waals surface area (Å²) in [5.74, 6) is 0.548. The second kappa shape index (κ2) is 4.25. The van der Waals surface area contributed by atoms with Gasteiger partial charge in [0.25, 0.3) is 0 Å². The van der Waals surface area contributed by atoms with Crippen LogP contribution in [0.25, 0.3) is 0 Å². The molecule has 0 bridgehead atoms. The van der Waals surface area contributed by atoms with Gasteiger partial charge in [0.15, 0.2) is 0 Å². The van der Waals surface area contributed by atoms with E-state index in [1.54, 1.807) is 13.8 Å². The molecule has 0 aliphatic heterocycles. The first-order chi connectivity index (χ1) is 6.00. The van der Waals surface area contributed by atoms with Crippen LogP contribution in [0.5, 0.6) is 0 Å². The van der Waals surface area contributed by atoms with Crippen LogP contribution in [0.15, 0.2) is 12.2 Å². The predicted molar refractivity (Wildman–Crippen MR) is 53.4 cm³/mol. The zero-order valence-corrected chi connectivity index (χ0v) is 8.53. The molecule has 1 aliphatic rings. The molecule has 0 radical (unpaired) electrons. The SMILES string of the molecule is CC(C)(O)C(O)CC1CC=CCC1. The Morgan fingerprint density at radius 3 is 2.62 bits per heavy atom. The van der Waals surface area contributed by atoms with Crippen molar-refractivity contribution in [1.29, 1.82) is 0 Å². The maximum atomic E-state index is 9.66. The Labute approximate surface area is 80.3 Å². The predicted octanol–water partition coefficient (Wildman–Crippen LogP) is 1.86. The van der Waals surface area contributed by atoms with E-state index < -0.39 is 11.7 Å². The summed E-state index contributed by atoms with van der Waals surface area (Å²) in [6.45, 7) is 3.33. The van der Waals surface area contributed by atoms with Crippen molar-refractivity contribution in [3.8, 4) is 0 Å². The van der Waals surface area contributed by atoms with Gasteiger partial charge in [-0.3, -0.25) is 0 Å². The molecule has 0 spiro atoms. The lowest BCUT2D eigenvalue weighted by molar-refractivity contribution is -0.0586. The van der Waals surface area contributed by atoms with Crippen LogP contribution < -0.4 is 0 Å². The van der Waals surface area contributed by atoms with Crippen LogP contribution in [0.1, 0.15) is 39.5 Å². The minimum atomic E-state index is -0.957. The van der Waals surface area contributed by atoms with Crippen molar-refractivity contribution >= 4 is 0 Å². The van der Waals surface area contributed by atoms with Crippen LogP contribution in [-0.4, -0.2) is 21.9 Å². The highest BCUT2D eigenvalue weighted by Crippen LogP contribution is 2.26. The van der Waals surface area contributed by atoms with E-state index in [4.69, 9.17) is 0 Å².